The minimum absolute atomic E-state index is 0.302. The molecule has 3 aromatic rings. The lowest BCUT2D eigenvalue weighted by Gasteiger charge is -2.28. The van der Waals surface area contributed by atoms with Gasteiger partial charge < -0.3 is 13.9 Å². The van der Waals surface area contributed by atoms with Gasteiger partial charge in [-0.05, 0) is 25.0 Å². The fraction of sp³-hybridized carbons (Fsp3) is 0.391. The molecule has 0 spiro atoms. The molecule has 1 aromatic heterocycles. The Labute approximate surface area is 179 Å². The molecule has 1 atom stereocenters. The fourth-order valence-corrected chi connectivity index (χ4v) is 4.83. The van der Waals surface area contributed by atoms with Crippen LogP contribution in [0.3, 0.4) is 0 Å². The van der Waals surface area contributed by atoms with Crippen molar-refractivity contribution in [2.24, 2.45) is 0 Å². The lowest BCUT2D eigenvalue weighted by Crippen LogP contribution is -2.19. The molecule has 0 saturated heterocycles. The summed E-state index contributed by atoms with van der Waals surface area (Å²) in [5.74, 6) is 1.95. The largest absolute Gasteiger partial charge is 0.460 e. The first-order chi connectivity index (χ1) is 14.8. The van der Waals surface area contributed by atoms with Crippen molar-refractivity contribution in [1.29, 1.82) is 0 Å². The predicted octanol–water partition coefficient (Wildman–Crippen LogP) is 6.16. The number of ether oxygens (including phenoxy) is 2. The number of nitrogens with zero attached hydrogens (tertiary/aromatic N) is 2. The number of benzene rings is 2. The summed E-state index contributed by atoms with van der Waals surface area (Å²) in [4.78, 5) is 0. The first kappa shape index (κ1) is 19.6. The van der Waals surface area contributed by atoms with Gasteiger partial charge in [0.2, 0.25) is 12.2 Å². The number of thioether (sulfide) groups is 1. The quantitative estimate of drug-likeness (QED) is 0.456. The molecule has 5 rings (SSSR count). The van der Waals surface area contributed by atoms with E-state index in [2.05, 4.69) is 10.2 Å². The third-order valence-electron chi connectivity index (χ3n) is 5.62. The molecule has 1 aliphatic heterocycles. The lowest BCUT2D eigenvalue weighted by molar-refractivity contribution is -0.112. The summed E-state index contributed by atoms with van der Waals surface area (Å²) in [5.41, 5.74) is 2.41. The maximum atomic E-state index is 14.2. The third kappa shape index (κ3) is 4.23. The number of hydrogen-bond acceptors (Lipinski definition) is 6. The van der Waals surface area contributed by atoms with Crippen LogP contribution in [0, 0.1) is 5.82 Å². The maximum Gasteiger partial charge on any atom is 0.276 e. The monoisotopic (exact) mass is 426 g/mol. The minimum atomic E-state index is -0.505. The molecule has 0 N–H and O–H groups in total. The maximum absolute atomic E-state index is 14.2. The van der Waals surface area contributed by atoms with Crippen LogP contribution in [0.5, 0.6) is 5.75 Å². The Hall–Kier alpha value is -2.38. The zero-order valence-electron chi connectivity index (χ0n) is 16.6. The van der Waals surface area contributed by atoms with Gasteiger partial charge in [0.1, 0.15) is 11.6 Å². The highest BCUT2D eigenvalue weighted by atomic mass is 32.2. The standard InChI is InChI=1S/C23H23FN2O3S/c24-19-11-17-13-27-22(16-9-5-2-6-10-16)28-20(17)18(12-19)14-30-23-26-25-21(29-23)15-7-3-1-4-8-15/h2,5-6,9-12,15,22H,1,3-4,7-8,13-14H2/t22-/m1/s1. The molecule has 1 saturated carbocycles. The molecule has 0 unspecified atom stereocenters. The fourth-order valence-electron chi connectivity index (χ4n) is 4.09. The smallest absolute Gasteiger partial charge is 0.276 e. The van der Waals surface area contributed by atoms with E-state index < -0.39 is 6.29 Å². The van der Waals surface area contributed by atoms with Crippen LogP contribution in [0.25, 0.3) is 0 Å². The zero-order valence-corrected chi connectivity index (χ0v) is 17.4. The highest BCUT2D eigenvalue weighted by molar-refractivity contribution is 7.98. The molecule has 5 nitrogen and oxygen atoms in total. The second-order valence-electron chi connectivity index (χ2n) is 7.75. The average Bonchev–Trinajstić information content (AvgIpc) is 3.27. The Morgan fingerprint density at radius 3 is 2.70 bits per heavy atom. The summed E-state index contributed by atoms with van der Waals surface area (Å²) in [6.45, 7) is 0.302. The first-order valence-electron chi connectivity index (χ1n) is 10.4. The molecule has 1 aliphatic carbocycles. The Morgan fingerprint density at radius 2 is 1.87 bits per heavy atom. The second-order valence-corrected chi connectivity index (χ2v) is 8.68. The topological polar surface area (TPSA) is 57.4 Å². The van der Waals surface area contributed by atoms with Crippen molar-refractivity contribution in [3.63, 3.8) is 0 Å². The van der Waals surface area contributed by atoms with Gasteiger partial charge in [-0.3, -0.25) is 0 Å². The zero-order chi connectivity index (χ0) is 20.3. The van der Waals surface area contributed by atoms with Gasteiger partial charge >= 0.3 is 0 Å². The van der Waals surface area contributed by atoms with E-state index in [1.54, 1.807) is 0 Å². The van der Waals surface area contributed by atoms with Gasteiger partial charge in [-0.15, -0.1) is 10.2 Å². The van der Waals surface area contributed by atoms with E-state index in [1.807, 2.05) is 30.3 Å². The van der Waals surface area contributed by atoms with Crippen LogP contribution in [-0.2, 0) is 17.1 Å². The van der Waals surface area contributed by atoms with Crippen molar-refractivity contribution in [3.05, 3.63) is 70.9 Å². The molecule has 2 aromatic carbocycles. The predicted molar refractivity (Wildman–Crippen MR) is 111 cm³/mol. The van der Waals surface area contributed by atoms with E-state index in [0.717, 1.165) is 29.9 Å². The van der Waals surface area contributed by atoms with E-state index >= 15 is 0 Å². The number of fused-ring (bicyclic) bond motifs is 1. The highest BCUT2D eigenvalue weighted by Crippen LogP contribution is 2.39. The van der Waals surface area contributed by atoms with Crippen molar-refractivity contribution < 1.29 is 18.3 Å². The van der Waals surface area contributed by atoms with Crippen LogP contribution < -0.4 is 4.74 Å². The molecule has 2 heterocycles. The summed E-state index contributed by atoms with van der Waals surface area (Å²) in [6, 6.07) is 12.7. The molecule has 1 fully saturated rings. The van der Waals surface area contributed by atoms with Gasteiger partial charge in [-0.2, -0.15) is 0 Å². The second kappa shape index (κ2) is 8.78. The molecule has 0 bridgehead atoms. The molecule has 30 heavy (non-hydrogen) atoms. The number of aromatic nitrogens is 2. The van der Waals surface area contributed by atoms with Gasteiger partial charge in [0.15, 0.2) is 0 Å². The van der Waals surface area contributed by atoms with Crippen molar-refractivity contribution in [3.8, 4) is 5.75 Å². The summed E-state index contributed by atoms with van der Waals surface area (Å²) in [7, 11) is 0. The molecular formula is C23H23FN2O3S. The van der Waals surface area contributed by atoms with Crippen LogP contribution >= 0.6 is 11.8 Å². The third-order valence-corrected chi connectivity index (χ3v) is 6.49. The van der Waals surface area contributed by atoms with E-state index in [9.17, 15) is 4.39 Å². The van der Waals surface area contributed by atoms with Crippen LogP contribution in [0.4, 0.5) is 4.39 Å². The summed E-state index contributed by atoms with van der Waals surface area (Å²) < 4.78 is 32.0. The Balaban J connectivity index is 1.32. The van der Waals surface area contributed by atoms with Crippen LogP contribution in [-0.4, -0.2) is 10.2 Å². The van der Waals surface area contributed by atoms with Crippen LogP contribution in [0.15, 0.2) is 52.1 Å². The van der Waals surface area contributed by atoms with Crippen molar-refractivity contribution in [2.75, 3.05) is 0 Å². The van der Waals surface area contributed by atoms with Gasteiger partial charge in [0.25, 0.3) is 5.22 Å². The summed E-state index contributed by atoms with van der Waals surface area (Å²) >= 11 is 1.41. The van der Waals surface area contributed by atoms with E-state index in [-0.39, 0.29) is 5.82 Å². The number of hydrogen-bond donors (Lipinski definition) is 0. The van der Waals surface area contributed by atoms with Crippen molar-refractivity contribution >= 4 is 11.8 Å². The van der Waals surface area contributed by atoms with Gasteiger partial charge in [0, 0.05) is 28.4 Å². The Kier molecular flexibility index (Phi) is 5.73. The molecule has 2 aliphatic rings. The van der Waals surface area contributed by atoms with Gasteiger partial charge in [-0.25, -0.2) is 4.39 Å². The van der Waals surface area contributed by atoms with Gasteiger partial charge in [-0.1, -0.05) is 61.4 Å². The lowest BCUT2D eigenvalue weighted by atomic mass is 9.89. The molecule has 0 amide bonds. The van der Waals surface area contributed by atoms with Crippen LogP contribution in [0.1, 0.15) is 66.9 Å². The summed E-state index contributed by atoms with van der Waals surface area (Å²) in [6.07, 6.45) is 5.43. The van der Waals surface area contributed by atoms with Crippen molar-refractivity contribution in [2.45, 2.75) is 61.9 Å². The van der Waals surface area contributed by atoms with Crippen LogP contribution in [0.2, 0.25) is 0 Å². The Bertz CT molecular complexity index is 1000. The molecule has 7 heteroatoms. The first-order valence-corrected chi connectivity index (χ1v) is 11.4. The van der Waals surface area contributed by atoms with E-state index in [4.69, 9.17) is 13.9 Å². The van der Waals surface area contributed by atoms with Crippen molar-refractivity contribution in [1.82, 2.24) is 10.2 Å². The number of rotatable bonds is 5. The van der Waals surface area contributed by atoms with Gasteiger partial charge in [0.05, 0.1) is 6.61 Å². The highest BCUT2D eigenvalue weighted by Gasteiger charge is 2.26. The minimum Gasteiger partial charge on any atom is -0.460 e. The van der Waals surface area contributed by atoms with E-state index in [1.165, 1.54) is 43.2 Å². The molecular weight excluding hydrogens is 403 g/mol. The SMILES string of the molecule is Fc1cc2c(c(CSc3nnc(C4CCCCC4)o3)c1)O[C@H](c1ccccc1)OC2. The van der Waals surface area contributed by atoms with E-state index in [0.29, 0.717) is 34.8 Å². The Morgan fingerprint density at radius 1 is 1.03 bits per heavy atom. The molecule has 156 valence electrons. The number of halogens is 1. The normalized spacial score (nSPS) is 19.3. The summed E-state index contributed by atoms with van der Waals surface area (Å²) in [5, 5.41) is 8.95. The average molecular weight is 427 g/mol. The molecule has 0 radical (unpaired) electrons.